The van der Waals surface area contributed by atoms with Crippen molar-refractivity contribution in [2.24, 2.45) is 0 Å². The molecule has 2 aromatic rings. The van der Waals surface area contributed by atoms with Gasteiger partial charge >= 0.3 is 0 Å². The predicted molar refractivity (Wildman–Crippen MR) is 96.3 cm³/mol. The van der Waals surface area contributed by atoms with Crippen molar-refractivity contribution >= 4 is 52.2 Å². The van der Waals surface area contributed by atoms with Gasteiger partial charge in [-0.15, -0.1) is 0 Å². The Labute approximate surface area is 152 Å². The number of thioether (sulfide) groups is 1. The van der Waals surface area contributed by atoms with Gasteiger partial charge in [0.25, 0.3) is 11.1 Å². The summed E-state index contributed by atoms with van der Waals surface area (Å²) in [6.07, 6.45) is 1.56. The number of carbonyl (C=O) groups excluding carboxylic acids is 2. The van der Waals surface area contributed by atoms with Crippen LogP contribution >= 0.6 is 35.0 Å². The maximum Gasteiger partial charge on any atom is 0.290 e. The van der Waals surface area contributed by atoms with E-state index in [1.54, 1.807) is 18.2 Å². The summed E-state index contributed by atoms with van der Waals surface area (Å²) in [5.41, 5.74) is 1.61. The van der Waals surface area contributed by atoms with Crippen LogP contribution in [0, 0.1) is 0 Å². The lowest BCUT2D eigenvalue weighted by molar-refractivity contribution is -0.115. The fourth-order valence-corrected chi connectivity index (χ4v) is 3.40. The number of benzene rings is 2. The molecule has 4 nitrogen and oxygen atoms in total. The van der Waals surface area contributed by atoms with Crippen molar-refractivity contribution in [2.45, 2.75) is 6.61 Å². The Hall–Kier alpha value is -1.95. The summed E-state index contributed by atoms with van der Waals surface area (Å²) in [6, 6.07) is 12.9. The molecule has 0 spiro atoms. The lowest BCUT2D eigenvalue weighted by Gasteiger charge is -2.11. The third-order valence-electron chi connectivity index (χ3n) is 3.19. The van der Waals surface area contributed by atoms with Crippen molar-refractivity contribution in [2.75, 3.05) is 0 Å². The Bertz CT molecular complexity index is 814. The number of amides is 2. The normalized spacial score (nSPS) is 15.7. The Balaban J connectivity index is 1.80. The van der Waals surface area contributed by atoms with E-state index in [0.717, 1.165) is 17.3 Å². The molecule has 0 aliphatic carbocycles. The van der Waals surface area contributed by atoms with Gasteiger partial charge in [-0.2, -0.15) is 0 Å². The highest BCUT2D eigenvalue weighted by Crippen LogP contribution is 2.36. The molecule has 1 fully saturated rings. The molecule has 122 valence electrons. The number of carbonyl (C=O) groups is 2. The molecule has 0 radical (unpaired) electrons. The summed E-state index contributed by atoms with van der Waals surface area (Å²) in [5.74, 6) is -0.0504. The molecule has 0 unspecified atom stereocenters. The molecule has 1 saturated heterocycles. The minimum atomic E-state index is -0.429. The monoisotopic (exact) mass is 379 g/mol. The Morgan fingerprint density at radius 1 is 1.08 bits per heavy atom. The van der Waals surface area contributed by atoms with Crippen LogP contribution in [0.3, 0.4) is 0 Å². The molecular formula is C17H11Cl2NO3S. The van der Waals surface area contributed by atoms with Gasteiger partial charge < -0.3 is 4.74 Å². The summed E-state index contributed by atoms with van der Waals surface area (Å²) in [4.78, 5) is 23.0. The summed E-state index contributed by atoms with van der Waals surface area (Å²) in [5, 5.41) is 2.46. The highest BCUT2D eigenvalue weighted by atomic mass is 35.5. The molecule has 0 aromatic heterocycles. The third kappa shape index (κ3) is 3.93. The van der Waals surface area contributed by atoms with Gasteiger partial charge in [0.15, 0.2) is 5.75 Å². The van der Waals surface area contributed by atoms with E-state index in [1.165, 1.54) is 0 Å². The van der Waals surface area contributed by atoms with Gasteiger partial charge in [0, 0.05) is 0 Å². The van der Waals surface area contributed by atoms with E-state index in [-0.39, 0.29) is 0 Å². The first-order valence-electron chi connectivity index (χ1n) is 6.93. The van der Waals surface area contributed by atoms with Gasteiger partial charge in [-0.05, 0) is 41.1 Å². The molecule has 1 N–H and O–H groups in total. The minimum absolute atomic E-state index is 0.296. The van der Waals surface area contributed by atoms with E-state index in [2.05, 4.69) is 5.32 Å². The number of nitrogens with one attached hydrogen (secondary N) is 1. The fourth-order valence-electron chi connectivity index (χ4n) is 2.10. The van der Waals surface area contributed by atoms with Crippen molar-refractivity contribution < 1.29 is 14.3 Å². The Kier molecular flexibility index (Phi) is 5.14. The van der Waals surface area contributed by atoms with E-state index in [4.69, 9.17) is 27.9 Å². The third-order valence-corrected chi connectivity index (χ3v) is 4.56. The topological polar surface area (TPSA) is 55.4 Å². The molecule has 0 atom stereocenters. The van der Waals surface area contributed by atoms with E-state index in [1.807, 2.05) is 30.3 Å². The lowest BCUT2D eigenvalue weighted by atomic mass is 10.2. The van der Waals surface area contributed by atoms with E-state index < -0.39 is 11.1 Å². The van der Waals surface area contributed by atoms with Crippen molar-refractivity contribution in [3.05, 3.63) is 68.5 Å². The molecule has 1 heterocycles. The summed E-state index contributed by atoms with van der Waals surface area (Å²) in [6.45, 7) is 0.341. The number of hydrogen-bond acceptors (Lipinski definition) is 4. The van der Waals surface area contributed by atoms with Crippen LogP contribution in [0.2, 0.25) is 10.0 Å². The molecule has 2 amide bonds. The standard InChI is InChI=1S/C17H11Cl2NO3S/c18-12-6-11(8-14-16(21)20-17(22)24-14)7-13(19)15(12)23-9-10-4-2-1-3-5-10/h1-8H,9H2,(H,20,21,22)/b14-8-. The maximum absolute atomic E-state index is 11.6. The average Bonchev–Trinajstić information content (AvgIpc) is 2.85. The van der Waals surface area contributed by atoms with E-state index in [9.17, 15) is 9.59 Å². The van der Waals surface area contributed by atoms with E-state index in [0.29, 0.717) is 32.9 Å². The summed E-state index contributed by atoms with van der Waals surface area (Å²) >= 11 is 13.3. The number of imide groups is 1. The summed E-state index contributed by atoms with van der Waals surface area (Å²) < 4.78 is 5.69. The number of rotatable bonds is 4. The summed E-state index contributed by atoms with van der Waals surface area (Å²) in [7, 11) is 0. The second-order valence-electron chi connectivity index (χ2n) is 4.94. The van der Waals surface area contributed by atoms with Gasteiger partial charge in [0.05, 0.1) is 15.0 Å². The molecule has 24 heavy (non-hydrogen) atoms. The minimum Gasteiger partial charge on any atom is -0.486 e. The quantitative estimate of drug-likeness (QED) is 0.767. The van der Waals surface area contributed by atoms with Gasteiger partial charge in [0.2, 0.25) is 0 Å². The zero-order chi connectivity index (χ0) is 17.1. The maximum atomic E-state index is 11.6. The smallest absolute Gasteiger partial charge is 0.290 e. The predicted octanol–water partition coefficient (Wildman–Crippen LogP) is 4.90. The largest absolute Gasteiger partial charge is 0.486 e. The second kappa shape index (κ2) is 7.30. The fraction of sp³-hybridized carbons (Fsp3) is 0.0588. The molecule has 0 bridgehead atoms. The second-order valence-corrected chi connectivity index (χ2v) is 6.77. The highest BCUT2D eigenvalue weighted by molar-refractivity contribution is 8.18. The number of ether oxygens (including phenoxy) is 1. The van der Waals surface area contributed by atoms with Crippen molar-refractivity contribution in [1.29, 1.82) is 0 Å². The zero-order valence-corrected chi connectivity index (χ0v) is 14.5. The average molecular weight is 380 g/mol. The van der Waals surface area contributed by atoms with Crippen LogP contribution in [-0.4, -0.2) is 11.1 Å². The van der Waals surface area contributed by atoms with Crippen molar-refractivity contribution in [3.8, 4) is 5.75 Å². The first-order valence-corrected chi connectivity index (χ1v) is 8.51. The number of halogens is 2. The van der Waals surface area contributed by atoms with Crippen LogP contribution in [0.4, 0.5) is 4.79 Å². The zero-order valence-electron chi connectivity index (χ0n) is 12.2. The first kappa shape index (κ1) is 16.9. The molecule has 0 saturated carbocycles. The van der Waals surface area contributed by atoms with Crippen LogP contribution in [0.25, 0.3) is 6.08 Å². The number of hydrogen-bond donors (Lipinski definition) is 1. The van der Waals surface area contributed by atoms with Crippen molar-refractivity contribution in [1.82, 2.24) is 5.32 Å². The van der Waals surface area contributed by atoms with Gasteiger partial charge in [-0.25, -0.2) is 0 Å². The molecule has 2 aromatic carbocycles. The van der Waals surface area contributed by atoms with Gasteiger partial charge in [-0.3, -0.25) is 14.9 Å². The first-order chi connectivity index (χ1) is 11.5. The molecule has 7 heteroatoms. The van der Waals surface area contributed by atoms with Crippen LogP contribution < -0.4 is 10.1 Å². The Morgan fingerprint density at radius 3 is 2.33 bits per heavy atom. The lowest BCUT2D eigenvalue weighted by Crippen LogP contribution is -2.17. The van der Waals surface area contributed by atoms with Crippen molar-refractivity contribution in [3.63, 3.8) is 0 Å². The van der Waals surface area contributed by atoms with Gasteiger partial charge in [0.1, 0.15) is 6.61 Å². The SMILES string of the molecule is O=C1NC(=O)/C(=C/c2cc(Cl)c(OCc3ccccc3)c(Cl)c2)S1. The molecule has 3 rings (SSSR count). The Morgan fingerprint density at radius 2 is 1.75 bits per heavy atom. The molecule has 1 aliphatic heterocycles. The van der Waals surface area contributed by atoms with Crippen LogP contribution in [-0.2, 0) is 11.4 Å². The van der Waals surface area contributed by atoms with Crippen LogP contribution in [0.1, 0.15) is 11.1 Å². The molecule has 1 aliphatic rings. The van der Waals surface area contributed by atoms with Crippen LogP contribution in [0.15, 0.2) is 47.4 Å². The highest BCUT2D eigenvalue weighted by Gasteiger charge is 2.25. The molecular weight excluding hydrogens is 369 g/mol. The van der Waals surface area contributed by atoms with E-state index >= 15 is 0 Å². The van der Waals surface area contributed by atoms with Gasteiger partial charge in [-0.1, -0.05) is 53.5 Å². The van der Waals surface area contributed by atoms with Crippen LogP contribution in [0.5, 0.6) is 5.75 Å².